The number of aromatic nitrogens is 2. The molecule has 1 heterocycles. The first-order valence-corrected chi connectivity index (χ1v) is 7.98. The Kier molecular flexibility index (Phi) is 4.38. The van der Waals surface area contributed by atoms with E-state index in [1.807, 2.05) is 0 Å². The fraction of sp³-hybridized carbons (Fsp3) is 0.182. The third-order valence-corrected chi connectivity index (χ3v) is 4.58. The molecule has 0 spiro atoms. The quantitative estimate of drug-likeness (QED) is 0.886. The first-order chi connectivity index (χ1) is 9.90. The van der Waals surface area contributed by atoms with Crippen LogP contribution in [0.1, 0.15) is 5.01 Å². The van der Waals surface area contributed by atoms with Gasteiger partial charge in [-0.2, -0.15) is 0 Å². The van der Waals surface area contributed by atoms with Crippen LogP contribution >= 0.6 is 11.3 Å². The van der Waals surface area contributed by atoms with Crippen molar-refractivity contribution in [3.63, 3.8) is 0 Å². The molecular weight excluding hydrogens is 316 g/mol. The van der Waals surface area contributed by atoms with E-state index in [2.05, 4.69) is 25.0 Å². The van der Waals surface area contributed by atoms with Gasteiger partial charge >= 0.3 is 6.09 Å². The number of nitrogens with one attached hydrogen (secondary N) is 2. The topological polar surface area (TPSA) is 110 Å². The summed E-state index contributed by atoms with van der Waals surface area (Å²) in [5.41, 5.74) is 0.424. The molecule has 10 heteroatoms. The van der Waals surface area contributed by atoms with Crippen LogP contribution in [0.4, 0.5) is 15.6 Å². The maximum Gasteiger partial charge on any atom is 0.411 e. The molecule has 0 aliphatic heterocycles. The second-order valence-corrected chi connectivity index (χ2v) is 6.74. The molecule has 21 heavy (non-hydrogen) atoms. The van der Waals surface area contributed by atoms with Gasteiger partial charge in [0, 0.05) is 5.69 Å². The van der Waals surface area contributed by atoms with Crippen LogP contribution in [0.25, 0.3) is 0 Å². The van der Waals surface area contributed by atoms with E-state index in [0.29, 0.717) is 10.7 Å². The van der Waals surface area contributed by atoms with Crippen LogP contribution in [-0.2, 0) is 14.8 Å². The van der Waals surface area contributed by atoms with Gasteiger partial charge in [0.25, 0.3) is 10.0 Å². The molecule has 8 nitrogen and oxygen atoms in total. The van der Waals surface area contributed by atoms with Crippen LogP contribution in [0.2, 0.25) is 0 Å². The van der Waals surface area contributed by atoms with E-state index in [0.717, 1.165) is 11.3 Å². The van der Waals surface area contributed by atoms with Gasteiger partial charge in [-0.05, 0) is 31.2 Å². The van der Waals surface area contributed by atoms with E-state index < -0.39 is 16.1 Å². The fourth-order valence-corrected chi connectivity index (χ4v) is 3.22. The van der Waals surface area contributed by atoms with Gasteiger partial charge in [-0.25, -0.2) is 13.2 Å². The number of ether oxygens (including phenoxy) is 1. The number of carbonyl (C=O) groups is 1. The number of benzene rings is 1. The molecule has 0 aliphatic rings. The summed E-state index contributed by atoms with van der Waals surface area (Å²) in [6.45, 7) is 1.72. The molecule has 0 bridgehead atoms. The lowest BCUT2D eigenvalue weighted by Crippen LogP contribution is -2.14. The monoisotopic (exact) mass is 328 g/mol. The molecule has 0 fully saturated rings. The number of methoxy groups -OCH3 is 1. The summed E-state index contributed by atoms with van der Waals surface area (Å²) < 4.78 is 31.0. The molecule has 0 saturated heterocycles. The van der Waals surface area contributed by atoms with Gasteiger partial charge < -0.3 is 4.74 Å². The predicted octanol–water partition coefficient (Wildman–Crippen LogP) is 1.83. The van der Waals surface area contributed by atoms with Crippen molar-refractivity contribution >= 4 is 38.3 Å². The Morgan fingerprint density at radius 3 is 2.43 bits per heavy atom. The van der Waals surface area contributed by atoms with Crippen LogP contribution < -0.4 is 10.0 Å². The van der Waals surface area contributed by atoms with E-state index in [1.165, 1.54) is 31.4 Å². The minimum Gasteiger partial charge on any atom is -0.453 e. The third-order valence-electron chi connectivity index (χ3n) is 2.34. The van der Waals surface area contributed by atoms with Gasteiger partial charge in [0.15, 0.2) is 0 Å². The third kappa shape index (κ3) is 3.89. The second kappa shape index (κ2) is 6.06. The van der Waals surface area contributed by atoms with Crippen LogP contribution in [0.5, 0.6) is 0 Å². The number of hydrogen-bond donors (Lipinski definition) is 2. The molecular formula is C11H12N4O4S2. The summed E-state index contributed by atoms with van der Waals surface area (Å²) in [4.78, 5) is 11.1. The summed E-state index contributed by atoms with van der Waals surface area (Å²) >= 11 is 1.14. The van der Waals surface area contributed by atoms with Crippen molar-refractivity contribution in [2.75, 3.05) is 17.1 Å². The number of rotatable bonds is 4. The zero-order valence-corrected chi connectivity index (χ0v) is 12.8. The smallest absolute Gasteiger partial charge is 0.411 e. The largest absolute Gasteiger partial charge is 0.453 e. The molecule has 0 radical (unpaired) electrons. The molecule has 0 atom stereocenters. The Bertz CT molecular complexity index is 740. The van der Waals surface area contributed by atoms with Gasteiger partial charge in [0.2, 0.25) is 5.13 Å². The van der Waals surface area contributed by atoms with Crippen LogP contribution in [0, 0.1) is 6.92 Å². The Morgan fingerprint density at radius 1 is 1.24 bits per heavy atom. The van der Waals surface area contributed by atoms with Crippen molar-refractivity contribution in [1.29, 1.82) is 0 Å². The van der Waals surface area contributed by atoms with Crippen molar-refractivity contribution in [3.05, 3.63) is 29.3 Å². The zero-order chi connectivity index (χ0) is 15.5. The maximum absolute atomic E-state index is 12.1. The lowest BCUT2D eigenvalue weighted by Gasteiger charge is -2.06. The summed E-state index contributed by atoms with van der Waals surface area (Å²) in [6.07, 6.45) is -0.631. The highest BCUT2D eigenvalue weighted by Gasteiger charge is 2.16. The number of nitrogens with zero attached hydrogens (tertiary/aromatic N) is 2. The first-order valence-electron chi connectivity index (χ1n) is 5.68. The molecule has 0 unspecified atom stereocenters. The number of carbonyl (C=O) groups excluding carboxylic acids is 1. The van der Waals surface area contributed by atoms with Crippen molar-refractivity contribution in [2.45, 2.75) is 11.8 Å². The van der Waals surface area contributed by atoms with E-state index >= 15 is 0 Å². The Morgan fingerprint density at radius 2 is 1.90 bits per heavy atom. The lowest BCUT2D eigenvalue weighted by atomic mass is 10.3. The summed E-state index contributed by atoms with van der Waals surface area (Å²) in [7, 11) is -2.50. The van der Waals surface area contributed by atoms with Crippen molar-refractivity contribution < 1.29 is 17.9 Å². The predicted molar refractivity (Wildman–Crippen MR) is 77.9 cm³/mol. The minimum atomic E-state index is -3.74. The minimum absolute atomic E-state index is 0.0470. The van der Waals surface area contributed by atoms with Gasteiger partial charge in [0.1, 0.15) is 5.01 Å². The highest BCUT2D eigenvalue weighted by atomic mass is 32.2. The highest BCUT2D eigenvalue weighted by Crippen LogP contribution is 2.20. The molecule has 2 rings (SSSR count). The number of aryl methyl sites for hydroxylation is 1. The van der Waals surface area contributed by atoms with E-state index in [-0.39, 0.29) is 10.0 Å². The Labute approximate surface area is 125 Å². The maximum atomic E-state index is 12.1. The standard InChI is InChI=1S/C11H12N4O4S2/c1-7-13-14-10(20-7)15-21(17,18)9-5-3-8(4-6-9)12-11(16)19-2/h3-6H,1-2H3,(H,12,16)(H,14,15). The average molecular weight is 328 g/mol. The number of hydrogen-bond acceptors (Lipinski definition) is 7. The number of sulfonamides is 1. The summed E-state index contributed by atoms with van der Waals surface area (Å²) in [6, 6.07) is 5.64. The van der Waals surface area contributed by atoms with Crippen LogP contribution in [0.15, 0.2) is 29.2 Å². The van der Waals surface area contributed by atoms with Crippen molar-refractivity contribution in [3.8, 4) is 0 Å². The second-order valence-electron chi connectivity index (χ2n) is 3.87. The molecule has 1 amide bonds. The van der Waals surface area contributed by atoms with E-state index in [9.17, 15) is 13.2 Å². The zero-order valence-electron chi connectivity index (χ0n) is 11.2. The van der Waals surface area contributed by atoms with Crippen molar-refractivity contribution in [1.82, 2.24) is 10.2 Å². The molecule has 1 aromatic carbocycles. The molecule has 2 N–H and O–H groups in total. The molecule has 112 valence electrons. The number of anilines is 2. The van der Waals surface area contributed by atoms with Gasteiger partial charge in [0.05, 0.1) is 12.0 Å². The van der Waals surface area contributed by atoms with Gasteiger partial charge in [-0.1, -0.05) is 11.3 Å². The van der Waals surface area contributed by atoms with E-state index in [4.69, 9.17) is 0 Å². The fourth-order valence-electron chi connectivity index (χ4n) is 1.40. The van der Waals surface area contributed by atoms with Crippen LogP contribution in [-0.4, -0.2) is 31.8 Å². The van der Waals surface area contributed by atoms with E-state index in [1.54, 1.807) is 6.92 Å². The van der Waals surface area contributed by atoms with Crippen LogP contribution in [0.3, 0.4) is 0 Å². The summed E-state index contributed by atoms with van der Waals surface area (Å²) in [5, 5.41) is 10.7. The molecule has 0 saturated carbocycles. The van der Waals surface area contributed by atoms with Crippen molar-refractivity contribution in [2.24, 2.45) is 0 Å². The Hall–Kier alpha value is -2.20. The SMILES string of the molecule is COC(=O)Nc1ccc(S(=O)(=O)Nc2nnc(C)s2)cc1. The summed E-state index contributed by atoms with van der Waals surface area (Å²) in [5.74, 6) is 0. The van der Waals surface area contributed by atoms with Gasteiger partial charge in [-0.3, -0.25) is 10.0 Å². The first kappa shape index (κ1) is 15.2. The molecule has 2 aromatic rings. The highest BCUT2D eigenvalue weighted by molar-refractivity contribution is 7.93. The molecule has 0 aliphatic carbocycles. The normalized spacial score (nSPS) is 11.0. The molecule has 1 aromatic heterocycles. The Balaban J connectivity index is 2.15. The average Bonchev–Trinajstić information content (AvgIpc) is 2.83. The lowest BCUT2D eigenvalue weighted by molar-refractivity contribution is 0.187. The van der Waals surface area contributed by atoms with Gasteiger partial charge in [-0.15, -0.1) is 10.2 Å². The number of amides is 1.